The molecule has 3 aromatic rings. The number of carbonyl (C=O) groups excluding carboxylic acids is 1. The average molecular weight is 333 g/mol. The molecule has 0 spiro atoms. The summed E-state index contributed by atoms with van der Waals surface area (Å²) in [4.78, 5) is 19.7. The number of aromatic nitrogens is 4. The van der Waals surface area contributed by atoms with E-state index < -0.39 is 5.97 Å². The molecule has 0 saturated heterocycles. The first-order chi connectivity index (χ1) is 11.1. The van der Waals surface area contributed by atoms with E-state index >= 15 is 0 Å². The van der Waals surface area contributed by atoms with Gasteiger partial charge in [0, 0.05) is 5.02 Å². The maximum absolute atomic E-state index is 11.4. The molecule has 3 rings (SSSR count). The van der Waals surface area contributed by atoms with Gasteiger partial charge in [0.05, 0.1) is 13.3 Å². The Kier molecular flexibility index (Phi) is 4.12. The van der Waals surface area contributed by atoms with Gasteiger partial charge in [-0.2, -0.15) is 5.10 Å². The summed E-state index contributed by atoms with van der Waals surface area (Å²) in [5.74, 6) is 0.525. The molecule has 0 aliphatic carbocycles. The number of ether oxygens (including phenoxy) is 2. The number of hydrogen-bond donors (Lipinski definition) is 0. The Morgan fingerprint density at radius 2 is 2.17 bits per heavy atom. The molecule has 2 aromatic heterocycles. The van der Waals surface area contributed by atoms with E-state index in [0.29, 0.717) is 27.7 Å². The number of carbonyl (C=O) groups is 1. The second kappa shape index (κ2) is 6.21. The molecule has 0 N–H and O–H groups in total. The lowest BCUT2D eigenvalue weighted by Crippen LogP contribution is -2.12. The lowest BCUT2D eigenvalue weighted by Gasteiger charge is -2.08. The molecule has 0 aliphatic heterocycles. The highest BCUT2D eigenvalue weighted by molar-refractivity contribution is 6.30. The predicted molar refractivity (Wildman–Crippen MR) is 83.6 cm³/mol. The van der Waals surface area contributed by atoms with Crippen LogP contribution in [0.4, 0.5) is 0 Å². The van der Waals surface area contributed by atoms with E-state index in [4.69, 9.17) is 16.3 Å². The van der Waals surface area contributed by atoms with Crippen LogP contribution in [0, 0.1) is 6.92 Å². The van der Waals surface area contributed by atoms with Crippen molar-refractivity contribution in [2.24, 2.45) is 0 Å². The Balaban J connectivity index is 1.99. The zero-order chi connectivity index (χ0) is 16.4. The minimum Gasteiger partial charge on any atom is -0.468 e. The van der Waals surface area contributed by atoms with Crippen molar-refractivity contribution in [1.29, 1.82) is 0 Å². The molecule has 23 heavy (non-hydrogen) atoms. The zero-order valence-corrected chi connectivity index (χ0v) is 13.2. The molecule has 0 saturated carbocycles. The SMILES string of the molecule is COC(=O)Cn1ncc2c(Oc3cc(Cl)ccc3C)ncnc21. The Hall–Kier alpha value is -2.67. The lowest BCUT2D eigenvalue weighted by atomic mass is 10.2. The topological polar surface area (TPSA) is 79.1 Å². The number of benzene rings is 1. The third kappa shape index (κ3) is 3.09. The highest BCUT2D eigenvalue weighted by atomic mass is 35.5. The van der Waals surface area contributed by atoms with E-state index in [1.165, 1.54) is 18.1 Å². The van der Waals surface area contributed by atoms with E-state index in [1.54, 1.807) is 18.3 Å². The minimum atomic E-state index is -0.415. The van der Waals surface area contributed by atoms with Crippen LogP contribution in [0.1, 0.15) is 5.56 Å². The number of aryl methyl sites for hydroxylation is 1. The van der Waals surface area contributed by atoms with Gasteiger partial charge in [0.15, 0.2) is 5.65 Å². The highest BCUT2D eigenvalue weighted by Gasteiger charge is 2.14. The zero-order valence-electron chi connectivity index (χ0n) is 12.5. The van der Waals surface area contributed by atoms with Crippen LogP contribution >= 0.6 is 11.6 Å². The Labute approximate surface area is 136 Å². The van der Waals surface area contributed by atoms with Crippen molar-refractivity contribution in [3.05, 3.63) is 41.3 Å². The number of halogens is 1. The Morgan fingerprint density at radius 1 is 1.35 bits per heavy atom. The molecule has 1 aromatic carbocycles. The van der Waals surface area contributed by atoms with Crippen LogP contribution < -0.4 is 4.74 Å². The van der Waals surface area contributed by atoms with E-state index in [2.05, 4.69) is 19.8 Å². The molecule has 0 amide bonds. The van der Waals surface area contributed by atoms with Gasteiger partial charge in [-0.25, -0.2) is 14.6 Å². The van der Waals surface area contributed by atoms with Gasteiger partial charge in [0.1, 0.15) is 24.0 Å². The van der Waals surface area contributed by atoms with E-state index in [0.717, 1.165) is 5.56 Å². The molecule has 8 heteroatoms. The monoisotopic (exact) mass is 332 g/mol. The maximum Gasteiger partial charge on any atom is 0.327 e. The average Bonchev–Trinajstić information content (AvgIpc) is 2.95. The molecule has 0 unspecified atom stereocenters. The maximum atomic E-state index is 11.4. The van der Waals surface area contributed by atoms with Gasteiger partial charge < -0.3 is 9.47 Å². The van der Waals surface area contributed by atoms with Crippen molar-refractivity contribution < 1.29 is 14.3 Å². The van der Waals surface area contributed by atoms with Gasteiger partial charge in [-0.3, -0.25) is 4.79 Å². The molecular formula is C15H13ClN4O3. The summed E-state index contributed by atoms with van der Waals surface area (Å²) in [6.45, 7) is 1.87. The van der Waals surface area contributed by atoms with E-state index in [1.807, 2.05) is 13.0 Å². The van der Waals surface area contributed by atoms with Crippen molar-refractivity contribution in [2.45, 2.75) is 13.5 Å². The molecule has 118 valence electrons. The standard InChI is InChI=1S/C15H13ClN4O3/c1-9-3-4-10(16)5-12(9)23-15-11-6-19-20(7-13(21)22-2)14(11)17-8-18-15/h3-6,8H,7H2,1-2H3. The summed E-state index contributed by atoms with van der Waals surface area (Å²) in [5, 5.41) is 5.29. The third-order valence-electron chi connectivity index (χ3n) is 3.26. The summed E-state index contributed by atoms with van der Waals surface area (Å²) in [6, 6.07) is 5.36. The van der Waals surface area contributed by atoms with Crippen LogP contribution in [0.15, 0.2) is 30.7 Å². The summed E-state index contributed by atoms with van der Waals surface area (Å²) in [5.41, 5.74) is 1.41. The van der Waals surface area contributed by atoms with Gasteiger partial charge in [0.25, 0.3) is 0 Å². The number of esters is 1. The van der Waals surface area contributed by atoms with Crippen molar-refractivity contribution in [3.63, 3.8) is 0 Å². The third-order valence-corrected chi connectivity index (χ3v) is 3.50. The first-order valence-electron chi connectivity index (χ1n) is 6.76. The molecule has 2 heterocycles. The largest absolute Gasteiger partial charge is 0.468 e. The molecule has 0 radical (unpaired) electrons. The number of nitrogens with zero attached hydrogens (tertiary/aromatic N) is 4. The van der Waals surface area contributed by atoms with Crippen LogP contribution in [0.25, 0.3) is 11.0 Å². The summed E-state index contributed by atoms with van der Waals surface area (Å²) < 4.78 is 11.9. The highest BCUT2D eigenvalue weighted by Crippen LogP contribution is 2.30. The van der Waals surface area contributed by atoms with Crippen molar-refractivity contribution in [2.75, 3.05) is 7.11 Å². The minimum absolute atomic E-state index is 0.0351. The van der Waals surface area contributed by atoms with Gasteiger partial charge in [-0.1, -0.05) is 17.7 Å². The predicted octanol–water partition coefficient (Wildman–Crippen LogP) is 2.75. The molecule has 0 aliphatic rings. The van der Waals surface area contributed by atoms with Crippen molar-refractivity contribution >= 4 is 28.6 Å². The fraction of sp³-hybridized carbons (Fsp3) is 0.200. The van der Waals surface area contributed by atoms with Crippen LogP contribution in [-0.2, 0) is 16.1 Å². The first kappa shape index (κ1) is 15.2. The lowest BCUT2D eigenvalue weighted by molar-refractivity contribution is -0.141. The Bertz CT molecular complexity index is 878. The quantitative estimate of drug-likeness (QED) is 0.683. The summed E-state index contributed by atoms with van der Waals surface area (Å²) in [6.07, 6.45) is 2.90. The number of fused-ring (bicyclic) bond motifs is 1. The van der Waals surface area contributed by atoms with Crippen LogP contribution in [-0.4, -0.2) is 32.8 Å². The van der Waals surface area contributed by atoms with Crippen molar-refractivity contribution in [1.82, 2.24) is 19.7 Å². The molecule has 0 fully saturated rings. The fourth-order valence-electron chi connectivity index (χ4n) is 2.04. The second-order valence-corrected chi connectivity index (χ2v) is 5.24. The molecular weight excluding hydrogens is 320 g/mol. The van der Waals surface area contributed by atoms with Crippen LogP contribution in [0.5, 0.6) is 11.6 Å². The van der Waals surface area contributed by atoms with E-state index in [9.17, 15) is 4.79 Å². The molecule has 0 bridgehead atoms. The smallest absolute Gasteiger partial charge is 0.327 e. The van der Waals surface area contributed by atoms with Gasteiger partial charge in [0.2, 0.25) is 5.88 Å². The number of rotatable bonds is 4. The Morgan fingerprint density at radius 3 is 2.96 bits per heavy atom. The second-order valence-electron chi connectivity index (χ2n) is 4.81. The van der Waals surface area contributed by atoms with Gasteiger partial charge in [-0.05, 0) is 24.6 Å². The summed E-state index contributed by atoms with van der Waals surface area (Å²) >= 11 is 6.00. The number of hydrogen-bond acceptors (Lipinski definition) is 6. The van der Waals surface area contributed by atoms with Gasteiger partial charge >= 0.3 is 5.97 Å². The normalized spacial score (nSPS) is 10.7. The molecule has 0 atom stereocenters. The number of methoxy groups -OCH3 is 1. The van der Waals surface area contributed by atoms with Crippen LogP contribution in [0.2, 0.25) is 5.02 Å². The van der Waals surface area contributed by atoms with Crippen LogP contribution in [0.3, 0.4) is 0 Å². The molecule has 7 nitrogen and oxygen atoms in total. The summed E-state index contributed by atoms with van der Waals surface area (Å²) in [7, 11) is 1.32. The van der Waals surface area contributed by atoms with Crippen molar-refractivity contribution in [3.8, 4) is 11.6 Å². The first-order valence-corrected chi connectivity index (χ1v) is 7.13. The fourth-order valence-corrected chi connectivity index (χ4v) is 2.21. The van der Waals surface area contributed by atoms with E-state index in [-0.39, 0.29) is 6.54 Å². The van der Waals surface area contributed by atoms with Gasteiger partial charge in [-0.15, -0.1) is 0 Å².